The van der Waals surface area contributed by atoms with Crippen molar-refractivity contribution in [3.8, 4) is 0 Å². The van der Waals surface area contributed by atoms with Gasteiger partial charge in [-0.1, -0.05) is 26.7 Å². The minimum Gasteiger partial charge on any atom is -0.343 e. The first kappa shape index (κ1) is 16.4. The van der Waals surface area contributed by atoms with Crippen molar-refractivity contribution in [2.24, 2.45) is 0 Å². The summed E-state index contributed by atoms with van der Waals surface area (Å²) >= 11 is 0. The highest BCUT2D eigenvalue weighted by Crippen LogP contribution is 2.01. The Bertz CT molecular complexity index is 187. The standard InChI is InChI=1S/C13H29N3O/c1-5-7-11-16(12-8-6-2)13(17)9-10-14-15(3)4/h14H,5-12H2,1-4H3. The zero-order valence-corrected chi connectivity index (χ0v) is 12.0. The Balaban J connectivity index is 3.93. The molecule has 0 unspecified atom stereocenters. The minimum absolute atomic E-state index is 0.279. The summed E-state index contributed by atoms with van der Waals surface area (Å²) in [6, 6.07) is 0. The molecule has 0 fully saturated rings. The van der Waals surface area contributed by atoms with E-state index in [0.717, 1.165) is 45.3 Å². The van der Waals surface area contributed by atoms with Gasteiger partial charge in [0.2, 0.25) is 5.91 Å². The van der Waals surface area contributed by atoms with Crippen LogP contribution in [0.4, 0.5) is 0 Å². The molecule has 0 heterocycles. The molecule has 102 valence electrons. The van der Waals surface area contributed by atoms with E-state index in [0.29, 0.717) is 6.42 Å². The first-order valence-corrected chi connectivity index (χ1v) is 6.80. The van der Waals surface area contributed by atoms with Crippen molar-refractivity contribution in [1.29, 1.82) is 0 Å². The van der Waals surface area contributed by atoms with E-state index in [1.165, 1.54) is 0 Å². The molecular formula is C13H29N3O. The van der Waals surface area contributed by atoms with Gasteiger partial charge in [-0.2, -0.15) is 0 Å². The summed E-state index contributed by atoms with van der Waals surface area (Å²) in [4.78, 5) is 14.0. The average Bonchev–Trinajstić information content (AvgIpc) is 2.28. The number of nitrogens with zero attached hydrogens (tertiary/aromatic N) is 2. The molecule has 4 nitrogen and oxygen atoms in total. The molecule has 0 radical (unpaired) electrons. The fourth-order valence-corrected chi connectivity index (χ4v) is 1.60. The predicted molar refractivity (Wildman–Crippen MR) is 72.7 cm³/mol. The van der Waals surface area contributed by atoms with Crippen molar-refractivity contribution >= 4 is 5.91 Å². The normalized spacial score (nSPS) is 10.9. The third kappa shape index (κ3) is 9.12. The van der Waals surface area contributed by atoms with Crippen LogP contribution in [0.5, 0.6) is 0 Å². The number of nitrogens with one attached hydrogen (secondary N) is 1. The molecule has 4 heteroatoms. The Labute approximate surface area is 106 Å². The molecule has 0 spiro atoms. The molecule has 0 saturated heterocycles. The van der Waals surface area contributed by atoms with Gasteiger partial charge in [0.25, 0.3) is 0 Å². The molecule has 17 heavy (non-hydrogen) atoms. The lowest BCUT2D eigenvalue weighted by molar-refractivity contribution is -0.131. The summed E-state index contributed by atoms with van der Waals surface area (Å²) < 4.78 is 0. The molecule has 0 saturated carbocycles. The van der Waals surface area contributed by atoms with E-state index in [1.54, 1.807) is 0 Å². The van der Waals surface area contributed by atoms with Gasteiger partial charge < -0.3 is 4.90 Å². The van der Waals surface area contributed by atoms with Crippen LogP contribution in [0.15, 0.2) is 0 Å². The van der Waals surface area contributed by atoms with Gasteiger partial charge in [-0.05, 0) is 12.8 Å². The highest BCUT2D eigenvalue weighted by atomic mass is 16.2. The number of hydrogen-bond donors (Lipinski definition) is 1. The summed E-state index contributed by atoms with van der Waals surface area (Å²) in [6.07, 6.45) is 5.09. The van der Waals surface area contributed by atoms with E-state index in [1.807, 2.05) is 24.0 Å². The highest BCUT2D eigenvalue weighted by molar-refractivity contribution is 5.76. The van der Waals surface area contributed by atoms with Gasteiger partial charge in [-0.15, -0.1) is 0 Å². The van der Waals surface area contributed by atoms with Crippen LogP contribution in [-0.4, -0.2) is 49.5 Å². The summed E-state index contributed by atoms with van der Waals surface area (Å²) in [5, 5.41) is 1.88. The third-order valence-corrected chi connectivity index (χ3v) is 2.68. The van der Waals surface area contributed by atoms with Gasteiger partial charge in [0.15, 0.2) is 0 Å². The van der Waals surface area contributed by atoms with E-state index in [9.17, 15) is 4.79 Å². The van der Waals surface area contributed by atoms with E-state index in [2.05, 4.69) is 19.3 Å². The van der Waals surface area contributed by atoms with E-state index in [-0.39, 0.29) is 5.91 Å². The van der Waals surface area contributed by atoms with E-state index in [4.69, 9.17) is 0 Å². The van der Waals surface area contributed by atoms with Crippen LogP contribution in [0, 0.1) is 0 Å². The molecule has 0 aliphatic carbocycles. The number of carbonyl (C=O) groups excluding carboxylic acids is 1. The summed E-state index contributed by atoms with van der Waals surface area (Å²) in [6.45, 7) is 6.88. The predicted octanol–water partition coefficient (Wildman–Crippen LogP) is 1.87. The molecule has 1 N–H and O–H groups in total. The summed E-state index contributed by atoms with van der Waals surface area (Å²) in [5.74, 6) is 0.279. The molecule has 0 atom stereocenters. The largest absolute Gasteiger partial charge is 0.343 e. The molecule has 0 aliphatic rings. The Kier molecular flexibility index (Phi) is 10.2. The van der Waals surface area contributed by atoms with Crippen LogP contribution >= 0.6 is 0 Å². The van der Waals surface area contributed by atoms with Crippen molar-refractivity contribution in [1.82, 2.24) is 15.3 Å². The van der Waals surface area contributed by atoms with Gasteiger partial charge in [-0.3, -0.25) is 15.2 Å². The molecule has 0 aromatic rings. The fraction of sp³-hybridized carbons (Fsp3) is 0.923. The van der Waals surface area contributed by atoms with Crippen LogP contribution in [-0.2, 0) is 4.79 Å². The SMILES string of the molecule is CCCCN(CCCC)C(=O)CCNN(C)C. The summed E-state index contributed by atoms with van der Waals surface area (Å²) in [5.41, 5.74) is 3.13. The van der Waals surface area contributed by atoms with Gasteiger partial charge in [0.05, 0.1) is 0 Å². The quantitative estimate of drug-likeness (QED) is 0.595. The molecule has 0 aromatic heterocycles. The van der Waals surface area contributed by atoms with Crippen molar-refractivity contribution in [2.45, 2.75) is 46.0 Å². The van der Waals surface area contributed by atoms with Crippen LogP contribution in [0.3, 0.4) is 0 Å². The van der Waals surface area contributed by atoms with Crippen molar-refractivity contribution in [2.75, 3.05) is 33.7 Å². The number of unbranched alkanes of at least 4 members (excludes halogenated alkanes) is 2. The third-order valence-electron chi connectivity index (χ3n) is 2.68. The maximum atomic E-state index is 12.0. The monoisotopic (exact) mass is 243 g/mol. The zero-order chi connectivity index (χ0) is 13.1. The maximum Gasteiger partial charge on any atom is 0.223 e. The van der Waals surface area contributed by atoms with Crippen molar-refractivity contribution < 1.29 is 4.79 Å². The molecule has 0 aliphatic heterocycles. The maximum absolute atomic E-state index is 12.0. The second-order valence-electron chi connectivity index (χ2n) is 4.64. The second kappa shape index (κ2) is 10.5. The topological polar surface area (TPSA) is 35.6 Å². The van der Waals surface area contributed by atoms with Crippen LogP contribution < -0.4 is 5.43 Å². The molecule has 0 aromatic carbocycles. The van der Waals surface area contributed by atoms with Crippen molar-refractivity contribution in [3.63, 3.8) is 0 Å². The number of hydrazine groups is 1. The molecular weight excluding hydrogens is 214 g/mol. The lowest BCUT2D eigenvalue weighted by atomic mass is 10.2. The number of hydrogen-bond acceptors (Lipinski definition) is 3. The molecule has 0 bridgehead atoms. The van der Waals surface area contributed by atoms with Gasteiger partial charge in [0, 0.05) is 40.2 Å². The minimum atomic E-state index is 0.279. The number of amides is 1. The van der Waals surface area contributed by atoms with Crippen LogP contribution in [0.25, 0.3) is 0 Å². The first-order valence-electron chi connectivity index (χ1n) is 6.80. The zero-order valence-electron chi connectivity index (χ0n) is 12.0. The van der Waals surface area contributed by atoms with Crippen LogP contribution in [0.2, 0.25) is 0 Å². The smallest absolute Gasteiger partial charge is 0.223 e. The Morgan fingerprint density at radius 2 is 1.59 bits per heavy atom. The first-order chi connectivity index (χ1) is 8.11. The lowest BCUT2D eigenvalue weighted by Gasteiger charge is -2.23. The van der Waals surface area contributed by atoms with E-state index < -0.39 is 0 Å². The number of rotatable bonds is 10. The Morgan fingerprint density at radius 1 is 1.06 bits per heavy atom. The summed E-state index contributed by atoms with van der Waals surface area (Å²) in [7, 11) is 3.88. The average molecular weight is 243 g/mol. The van der Waals surface area contributed by atoms with Crippen LogP contribution in [0.1, 0.15) is 46.0 Å². The lowest BCUT2D eigenvalue weighted by Crippen LogP contribution is -2.37. The number of carbonyl (C=O) groups is 1. The highest BCUT2D eigenvalue weighted by Gasteiger charge is 2.11. The second-order valence-corrected chi connectivity index (χ2v) is 4.64. The van der Waals surface area contributed by atoms with Gasteiger partial charge in [0.1, 0.15) is 0 Å². The fourth-order valence-electron chi connectivity index (χ4n) is 1.60. The van der Waals surface area contributed by atoms with Gasteiger partial charge in [-0.25, -0.2) is 0 Å². The molecule has 1 amide bonds. The van der Waals surface area contributed by atoms with Crippen molar-refractivity contribution in [3.05, 3.63) is 0 Å². The Morgan fingerprint density at radius 3 is 2.00 bits per heavy atom. The Hall–Kier alpha value is -0.610. The van der Waals surface area contributed by atoms with E-state index >= 15 is 0 Å². The van der Waals surface area contributed by atoms with Gasteiger partial charge >= 0.3 is 0 Å². The molecule has 0 rings (SSSR count).